The molecule has 0 bridgehead atoms. The fourth-order valence-corrected chi connectivity index (χ4v) is 6.79. The van der Waals surface area contributed by atoms with Gasteiger partial charge in [-0.25, -0.2) is 13.2 Å². The Morgan fingerprint density at radius 3 is 2.52 bits per heavy atom. The molecule has 3 atom stereocenters. The molecule has 5 rings (SSSR count). The summed E-state index contributed by atoms with van der Waals surface area (Å²) in [4.78, 5) is 28.3. The number of hydrogen-bond donors (Lipinski definition) is 3. The van der Waals surface area contributed by atoms with E-state index in [4.69, 9.17) is 16.3 Å². The number of likely N-dealkylation sites (N-methyl/N-ethyl adjacent to an activating group) is 1. The molecule has 0 radical (unpaired) electrons. The Morgan fingerprint density at radius 2 is 1.78 bits per heavy atom. The van der Waals surface area contributed by atoms with Crippen molar-refractivity contribution in [3.05, 3.63) is 95.5 Å². The largest absolute Gasteiger partial charge is 0.488 e. The van der Waals surface area contributed by atoms with Gasteiger partial charge in [-0.05, 0) is 60.8 Å². The normalized spacial score (nSPS) is 17.8. The molecule has 0 spiro atoms. The van der Waals surface area contributed by atoms with Gasteiger partial charge in [-0.1, -0.05) is 54.9 Å². The molecule has 10 nitrogen and oxygen atoms in total. The van der Waals surface area contributed by atoms with Crippen LogP contribution in [-0.4, -0.2) is 73.6 Å². The average molecular weight is 665 g/mol. The van der Waals surface area contributed by atoms with E-state index in [2.05, 4.69) is 10.6 Å². The van der Waals surface area contributed by atoms with Crippen molar-refractivity contribution >= 4 is 55.7 Å². The zero-order chi connectivity index (χ0) is 33.0. The van der Waals surface area contributed by atoms with Gasteiger partial charge in [0.25, 0.3) is 0 Å². The lowest BCUT2D eigenvalue weighted by molar-refractivity contribution is -0.134. The number of carbonyl (C=O) groups is 2. The standard InChI is InChI=1S/C34H37ClN4O6S/c1-22-19-39(23(2)21-40)33(41)18-25-17-27(36-34(42)37-30-10-6-8-24-7-4-5-9-29(24)30)13-16-31(25)45-32(22)20-38(3)46(43,44)28-14-11-26(35)12-15-28/h4-17,22-23,32,40H,18-21H2,1-3H3,(H2,36,37,42)/t22-,23-,32-/m1/s1. The third-order valence-corrected chi connectivity index (χ3v) is 10.3. The summed E-state index contributed by atoms with van der Waals surface area (Å²) in [5, 5.41) is 18.0. The number of sulfonamides is 1. The van der Waals surface area contributed by atoms with Crippen LogP contribution in [0.5, 0.6) is 5.75 Å². The van der Waals surface area contributed by atoms with Crippen molar-refractivity contribution in [2.24, 2.45) is 5.92 Å². The Bertz CT molecular complexity index is 1830. The monoisotopic (exact) mass is 664 g/mol. The third kappa shape index (κ3) is 7.45. The maximum absolute atomic E-state index is 13.6. The smallest absolute Gasteiger partial charge is 0.323 e. The van der Waals surface area contributed by atoms with Crippen molar-refractivity contribution in [2.75, 3.05) is 37.4 Å². The van der Waals surface area contributed by atoms with Gasteiger partial charge in [0.2, 0.25) is 15.9 Å². The summed E-state index contributed by atoms with van der Waals surface area (Å²) in [6.45, 7) is 3.64. The van der Waals surface area contributed by atoms with Gasteiger partial charge in [-0.15, -0.1) is 0 Å². The maximum atomic E-state index is 13.6. The van der Waals surface area contributed by atoms with Crippen LogP contribution in [0.4, 0.5) is 16.2 Å². The number of benzene rings is 4. The quantitative estimate of drug-likeness (QED) is 0.225. The molecule has 0 saturated heterocycles. The third-order valence-electron chi connectivity index (χ3n) is 8.17. The van der Waals surface area contributed by atoms with E-state index in [1.54, 1.807) is 30.0 Å². The van der Waals surface area contributed by atoms with Gasteiger partial charge in [0, 0.05) is 41.2 Å². The zero-order valence-corrected chi connectivity index (χ0v) is 27.4. The molecule has 1 aliphatic heterocycles. The molecule has 3 amide bonds. The van der Waals surface area contributed by atoms with E-state index < -0.39 is 28.2 Å². The molecule has 0 fully saturated rings. The first-order valence-electron chi connectivity index (χ1n) is 14.9. The summed E-state index contributed by atoms with van der Waals surface area (Å²) in [6, 6.07) is 23.4. The fraction of sp³-hybridized carbons (Fsp3) is 0.294. The van der Waals surface area contributed by atoms with E-state index >= 15 is 0 Å². The summed E-state index contributed by atoms with van der Waals surface area (Å²) in [5.41, 5.74) is 1.62. The van der Waals surface area contributed by atoms with E-state index in [0.717, 1.165) is 10.8 Å². The maximum Gasteiger partial charge on any atom is 0.323 e. The molecule has 0 saturated carbocycles. The number of aliphatic hydroxyl groups is 1. The predicted octanol–water partition coefficient (Wildman–Crippen LogP) is 5.61. The summed E-state index contributed by atoms with van der Waals surface area (Å²) in [5.74, 6) is -0.129. The molecule has 0 aliphatic carbocycles. The number of fused-ring (bicyclic) bond motifs is 2. The molecule has 0 unspecified atom stereocenters. The molecular weight excluding hydrogens is 628 g/mol. The minimum atomic E-state index is -3.87. The summed E-state index contributed by atoms with van der Waals surface area (Å²) < 4.78 is 34.5. The molecule has 3 N–H and O–H groups in total. The van der Waals surface area contributed by atoms with Crippen LogP contribution in [-0.2, 0) is 21.2 Å². The second-order valence-corrected chi connectivity index (χ2v) is 14.0. The van der Waals surface area contributed by atoms with Crippen LogP contribution in [0, 0.1) is 5.92 Å². The van der Waals surface area contributed by atoms with Crippen LogP contribution in [0.25, 0.3) is 10.8 Å². The number of hydrogen-bond acceptors (Lipinski definition) is 6. The number of nitrogens with one attached hydrogen (secondary N) is 2. The minimum Gasteiger partial charge on any atom is -0.488 e. The van der Waals surface area contributed by atoms with Crippen LogP contribution < -0.4 is 15.4 Å². The van der Waals surface area contributed by atoms with Crippen molar-refractivity contribution in [1.82, 2.24) is 9.21 Å². The second kappa shape index (κ2) is 14.1. The van der Waals surface area contributed by atoms with Gasteiger partial charge in [0.1, 0.15) is 11.9 Å². The van der Waals surface area contributed by atoms with Crippen molar-refractivity contribution in [3.8, 4) is 5.75 Å². The van der Waals surface area contributed by atoms with Gasteiger partial charge >= 0.3 is 6.03 Å². The van der Waals surface area contributed by atoms with Crippen molar-refractivity contribution in [3.63, 3.8) is 0 Å². The lowest BCUT2D eigenvalue weighted by Gasteiger charge is -2.33. The Hall–Kier alpha value is -4.16. The second-order valence-electron chi connectivity index (χ2n) is 11.6. The van der Waals surface area contributed by atoms with Gasteiger partial charge in [0.05, 0.1) is 36.2 Å². The lowest BCUT2D eigenvalue weighted by Crippen LogP contribution is -2.48. The zero-order valence-electron chi connectivity index (χ0n) is 25.8. The van der Waals surface area contributed by atoms with E-state index in [9.17, 15) is 23.1 Å². The van der Waals surface area contributed by atoms with Crippen molar-refractivity contribution in [1.29, 1.82) is 0 Å². The van der Waals surface area contributed by atoms with Crippen LogP contribution in [0.15, 0.2) is 89.8 Å². The van der Waals surface area contributed by atoms with Crippen LogP contribution in [0.2, 0.25) is 5.02 Å². The molecular formula is C34H37ClN4O6S. The molecule has 12 heteroatoms. The summed E-state index contributed by atoms with van der Waals surface area (Å²) >= 11 is 5.97. The number of anilines is 2. The van der Waals surface area contributed by atoms with Crippen LogP contribution in [0.3, 0.4) is 0 Å². The molecule has 46 heavy (non-hydrogen) atoms. The fourth-order valence-electron chi connectivity index (χ4n) is 5.48. The van der Waals surface area contributed by atoms with Gasteiger partial charge in [-0.2, -0.15) is 4.31 Å². The van der Waals surface area contributed by atoms with E-state index in [0.29, 0.717) is 27.7 Å². The molecule has 4 aromatic carbocycles. The number of halogens is 1. The minimum absolute atomic E-state index is 0.00541. The van der Waals surface area contributed by atoms with E-state index in [1.807, 2.05) is 49.4 Å². The van der Waals surface area contributed by atoms with Crippen molar-refractivity contribution in [2.45, 2.75) is 37.3 Å². The van der Waals surface area contributed by atoms with Gasteiger partial charge in [0.15, 0.2) is 0 Å². The highest BCUT2D eigenvalue weighted by Crippen LogP contribution is 2.30. The van der Waals surface area contributed by atoms with Crippen molar-refractivity contribution < 1.29 is 27.9 Å². The molecule has 1 heterocycles. The van der Waals surface area contributed by atoms with Crippen LogP contribution >= 0.6 is 11.6 Å². The molecule has 1 aliphatic rings. The summed E-state index contributed by atoms with van der Waals surface area (Å²) in [6.07, 6.45) is -0.697. The Balaban J connectivity index is 1.41. The highest BCUT2D eigenvalue weighted by atomic mass is 35.5. The van der Waals surface area contributed by atoms with E-state index in [-0.39, 0.29) is 42.8 Å². The van der Waals surface area contributed by atoms with E-state index in [1.165, 1.54) is 35.6 Å². The van der Waals surface area contributed by atoms with Gasteiger partial charge < -0.3 is 25.4 Å². The Kier molecular flexibility index (Phi) is 10.2. The number of urea groups is 1. The van der Waals surface area contributed by atoms with Crippen LogP contribution in [0.1, 0.15) is 19.4 Å². The molecule has 242 valence electrons. The number of amides is 3. The topological polar surface area (TPSA) is 128 Å². The Labute approximate surface area is 274 Å². The number of rotatable bonds is 8. The molecule has 4 aromatic rings. The number of carbonyl (C=O) groups excluding carboxylic acids is 2. The highest BCUT2D eigenvalue weighted by Gasteiger charge is 2.33. The first-order valence-corrected chi connectivity index (χ1v) is 16.8. The SMILES string of the molecule is C[C@@H]1CN([C@H](C)CO)C(=O)Cc2cc(NC(=O)Nc3cccc4ccccc34)ccc2O[C@@H]1CN(C)S(=O)(=O)c1ccc(Cl)cc1. The summed E-state index contributed by atoms with van der Waals surface area (Å²) in [7, 11) is -2.39. The first-order chi connectivity index (χ1) is 22.0. The lowest BCUT2D eigenvalue weighted by atomic mass is 10.0. The van der Waals surface area contributed by atoms with Gasteiger partial charge in [-0.3, -0.25) is 4.79 Å². The number of nitrogens with zero attached hydrogens (tertiary/aromatic N) is 2. The predicted molar refractivity (Wildman–Crippen MR) is 180 cm³/mol. The molecule has 0 aromatic heterocycles. The number of aliphatic hydroxyl groups excluding tert-OH is 1. The highest BCUT2D eigenvalue weighted by molar-refractivity contribution is 7.89. The Morgan fingerprint density at radius 1 is 1.07 bits per heavy atom. The average Bonchev–Trinajstić information content (AvgIpc) is 3.08. The first kappa shape index (κ1) is 33.2. The number of ether oxygens (including phenoxy) is 1.